The van der Waals surface area contributed by atoms with Gasteiger partial charge in [0.05, 0.1) is 11.4 Å². The number of benzene rings is 3. The molecule has 2 amide bonds. The Morgan fingerprint density at radius 2 is 1.80 bits per heavy atom. The zero-order valence-electron chi connectivity index (χ0n) is 25.1. The molecule has 1 atom stereocenters. The van der Waals surface area contributed by atoms with Crippen LogP contribution in [0, 0.1) is 12.8 Å². The quantitative estimate of drug-likeness (QED) is 0.173. The molecule has 0 bridgehead atoms. The highest BCUT2D eigenvalue weighted by atomic mass is 32.1. The van der Waals surface area contributed by atoms with Crippen molar-refractivity contribution in [3.8, 4) is 28.5 Å². The summed E-state index contributed by atoms with van der Waals surface area (Å²) in [6, 6.07) is 21.2. The Morgan fingerprint density at radius 3 is 2.51 bits per heavy atom. The predicted octanol–water partition coefficient (Wildman–Crippen LogP) is 7.44. The molecule has 3 aromatic carbocycles. The molecule has 0 aliphatic carbocycles. The highest BCUT2D eigenvalue weighted by molar-refractivity contribution is 7.07. The Balaban J connectivity index is 1.13. The largest absolute Gasteiger partial charge is 0.573 e. The highest BCUT2D eigenvalue weighted by Gasteiger charge is 2.31. The smallest absolute Gasteiger partial charge is 0.406 e. The van der Waals surface area contributed by atoms with Crippen molar-refractivity contribution in [2.75, 3.05) is 6.54 Å². The van der Waals surface area contributed by atoms with Crippen molar-refractivity contribution >= 4 is 17.4 Å². The normalized spacial score (nSPS) is 12.7. The zero-order chi connectivity index (χ0) is 32.0. The number of rotatable bonds is 10. The topological polar surface area (TPSA) is 86.3 Å². The molecule has 2 heterocycles. The summed E-state index contributed by atoms with van der Waals surface area (Å²) in [7, 11) is 0. The molecule has 45 heavy (non-hydrogen) atoms. The number of carbonyl (C=O) groups excluding carboxylic acids is 1. The van der Waals surface area contributed by atoms with Crippen LogP contribution in [0.4, 0.5) is 18.0 Å². The van der Waals surface area contributed by atoms with Gasteiger partial charge in [0.25, 0.3) is 0 Å². The van der Waals surface area contributed by atoms with Crippen LogP contribution >= 0.6 is 11.3 Å². The lowest BCUT2D eigenvalue weighted by Gasteiger charge is -2.12. The monoisotopic (exact) mass is 634 g/mol. The number of nitrogens with zero attached hydrogens (tertiary/aromatic N) is 5. The van der Waals surface area contributed by atoms with Gasteiger partial charge in [0.2, 0.25) is 0 Å². The molecule has 5 aromatic rings. The van der Waals surface area contributed by atoms with Crippen LogP contribution in [0.5, 0.6) is 5.75 Å². The third kappa shape index (κ3) is 8.27. The van der Waals surface area contributed by atoms with Crippen LogP contribution in [0.25, 0.3) is 22.8 Å². The molecule has 0 fully saturated rings. The summed E-state index contributed by atoms with van der Waals surface area (Å²) in [4.78, 5) is 22.0. The summed E-state index contributed by atoms with van der Waals surface area (Å²) in [5.74, 6) is 0.518. The van der Waals surface area contributed by atoms with Crippen molar-refractivity contribution in [2.45, 2.75) is 46.4 Å². The molecule has 0 aliphatic heterocycles. The van der Waals surface area contributed by atoms with Crippen molar-refractivity contribution < 1.29 is 22.7 Å². The highest BCUT2D eigenvalue weighted by Crippen LogP contribution is 2.24. The van der Waals surface area contributed by atoms with Crippen molar-refractivity contribution in [1.29, 1.82) is 0 Å². The lowest BCUT2D eigenvalue weighted by Crippen LogP contribution is -2.26. The number of amides is 2. The van der Waals surface area contributed by atoms with Gasteiger partial charge in [-0.05, 0) is 73.6 Å². The molecule has 12 heteroatoms. The van der Waals surface area contributed by atoms with Gasteiger partial charge in [0.15, 0.2) is 10.6 Å². The van der Waals surface area contributed by atoms with Crippen molar-refractivity contribution in [3.63, 3.8) is 0 Å². The second-order valence-corrected chi connectivity index (χ2v) is 11.5. The second-order valence-electron chi connectivity index (χ2n) is 10.7. The average molecular weight is 635 g/mol. The van der Waals surface area contributed by atoms with Crippen LogP contribution in [0.3, 0.4) is 0 Å². The van der Waals surface area contributed by atoms with E-state index in [4.69, 9.17) is 0 Å². The SMILES string of the molecule is CCc1ccccc1-n1c(C)cs/c1=N\C(=O)NCCC(C)Cc1ccc(-c2ncn(-c3ccc(OC(F)(F)F)cc3)n2)cc1. The minimum Gasteiger partial charge on any atom is -0.406 e. The molecular weight excluding hydrogens is 601 g/mol. The fourth-order valence-corrected chi connectivity index (χ4v) is 5.82. The van der Waals surface area contributed by atoms with Gasteiger partial charge in [0.1, 0.15) is 12.1 Å². The van der Waals surface area contributed by atoms with Crippen molar-refractivity contribution in [2.24, 2.45) is 10.9 Å². The van der Waals surface area contributed by atoms with Crippen LogP contribution in [-0.4, -0.2) is 38.3 Å². The van der Waals surface area contributed by atoms with Crippen molar-refractivity contribution in [3.05, 3.63) is 106 Å². The first-order valence-electron chi connectivity index (χ1n) is 14.5. The molecular formula is C33H33F3N6O2S. The molecule has 1 N–H and O–H groups in total. The molecule has 0 saturated carbocycles. The number of aromatic nitrogens is 4. The van der Waals surface area contributed by atoms with Crippen LogP contribution in [0.2, 0.25) is 0 Å². The summed E-state index contributed by atoms with van der Waals surface area (Å²) >= 11 is 1.45. The molecule has 0 radical (unpaired) electrons. The number of aryl methyl sites for hydroxylation is 2. The third-order valence-electron chi connectivity index (χ3n) is 7.23. The summed E-state index contributed by atoms with van der Waals surface area (Å²) < 4.78 is 44.7. The number of urea groups is 1. The van der Waals surface area contributed by atoms with Gasteiger partial charge < -0.3 is 10.1 Å². The standard InChI is InChI=1S/C33H33F3N6O2S/c1-4-25-7-5-6-8-29(25)42-23(3)20-45-32(42)39-31(43)37-18-17-22(2)19-24-9-11-26(12-10-24)30-38-21-41(40-30)27-13-15-28(16-14-27)44-33(34,35)36/h5-16,20-22H,4,17-19H2,1-3H3,(H,37,43)/b39-32-. The van der Waals surface area contributed by atoms with E-state index in [2.05, 4.69) is 51.1 Å². The summed E-state index contributed by atoms with van der Waals surface area (Å²) in [5, 5.41) is 9.40. The van der Waals surface area contributed by atoms with E-state index in [1.54, 1.807) is 0 Å². The fraction of sp³-hybridized carbons (Fsp3) is 0.273. The molecule has 5 rings (SSSR count). The second kappa shape index (κ2) is 13.9. The first kappa shape index (κ1) is 31.7. The lowest BCUT2D eigenvalue weighted by atomic mass is 9.97. The van der Waals surface area contributed by atoms with E-state index in [0.29, 0.717) is 28.8 Å². The minimum atomic E-state index is -4.74. The molecule has 0 saturated heterocycles. The Bertz CT molecular complexity index is 1810. The van der Waals surface area contributed by atoms with E-state index in [9.17, 15) is 18.0 Å². The van der Waals surface area contributed by atoms with Gasteiger partial charge in [-0.15, -0.1) is 29.6 Å². The molecule has 0 aliphatic rings. The van der Waals surface area contributed by atoms with Crippen molar-refractivity contribution in [1.82, 2.24) is 24.6 Å². The molecule has 8 nitrogen and oxygen atoms in total. The summed E-state index contributed by atoms with van der Waals surface area (Å²) in [6.45, 7) is 6.78. The van der Waals surface area contributed by atoms with Gasteiger partial charge in [-0.2, -0.15) is 4.99 Å². The van der Waals surface area contributed by atoms with Gasteiger partial charge in [-0.25, -0.2) is 14.5 Å². The number of ether oxygens (including phenoxy) is 1. The van der Waals surface area contributed by atoms with Gasteiger partial charge >= 0.3 is 12.4 Å². The number of halogens is 3. The first-order chi connectivity index (χ1) is 21.6. The number of para-hydroxylation sites is 1. The number of alkyl halides is 3. The first-order valence-corrected chi connectivity index (χ1v) is 15.4. The van der Waals surface area contributed by atoms with Gasteiger partial charge in [-0.1, -0.05) is 56.3 Å². The number of nitrogens with one attached hydrogen (secondary N) is 1. The lowest BCUT2D eigenvalue weighted by molar-refractivity contribution is -0.274. The summed E-state index contributed by atoms with van der Waals surface area (Å²) in [6.07, 6.45) is -0.720. The van der Waals surface area contributed by atoms with E-state index >= 15 is 0 Å². The zero-order valence-corrected chi connectivity index (χ0v) is 25.9. The maximum atomic E-state index is 12.7. The van der Waals surface area contributed by atoms with Crippen LogP contribution in [0.15, 0.2) is 89.5 Å². The number of thiazole rings is 1. The number of carbonyl (C=O) groups is 1. The number of hydrogen-bond donors (Lipinski definition) is 1. The van der Waals surface area contributed by atoms with Crippen LogP contribution in [-0.2, 0) is 12.8 Å². The van der Waals surface area contributed by atoms with Gasteiger partial charge in [0, 0.05) is 23.2 Å². The van der Waals surface area contributed by atoms with E-state index in [1.807, 2.05) is 53.3 Å². The van der Waals surface area contributed by atoms with Gasteiger partial charge in [-0.3, -0.25) is 4.57 Å². The van der Waals surface area contributed by atoms with E-state index in [0.717, 1.165) is 41.8 Å². The Labute approximate surface area is 262 Å². The Kier molecular flexibility index (Phi) is 9.82. The number of hydrogen-bond acceptors (Lipinski definition) is 5. The molecule has 1 unspecified atom stereocenters. The van der Waals surface area contributed by atoms with E-state index < -0.39 is 6.36 Å². The van der Waals surface area contributed by atoms with Crippen LogP contribution in [0.1, 0.15) is 37.1 Å². The average Bonchev–Trinajstić information content (AvgIpc) is 3.64. The third-order valence-corrected chi connectivity index (χ3v) is 8.17. The predicted molar refractivity (Wildman–Crippen MR) is 168 cm³/mol. The van der Waals surface area contributed by atoms with Crippen LogP contribution < -0.4 is 14.9 Å². The molecule has 234 valence electrons. The maximum absolute atomic E-state index is 12.7. The fourth-order valence-electron chi connectivity index (χ4n) is 4.96. The molecule has 2 aromatic heterocycles. The van der Waals surface area contributed by atoms with E-state index in [-0.39, 0.29) is 11.8 Å². The summed E-state index contributed by atoms with van der Waals surface area (Å²) in [5.41, 5.74) is 5.79. The van der Waals surface area contributed by atoms with E-state index in [1.165, 1.54) is 52.2 Å². The Hall–Kier alpha value is -4.71. The Morgan fingerprint density at radius 1 is 1.07 bits per heavy atom. The molecule has 0 spiro atoms. The maximum Gasteiger partial charge on any atom is 0.573 e. The minimum absolute atomic E-state index is 0.302.